The molecule has 0 bridgehead atoms. The second kappa shape index (κ2) is 7.78. The van der Waals surface area contributed by atoms with Gasteiger partial charge in [0.15, 0.2) is 5.78 Å². The summed E-state index contributed by atoms with van der Waals surface area (Å²) in [6.45, 7) is 2.25. The monoisotopic (exact) mass is 326 g/mol. The molecule has 1 aromatic rings. The van der Waals surface area contributed by atoms with E-state index < -0.39 is 0 Å². The molecule has 1 aliphatic heterocycles. The van der Waals surface area contributed by atoms with Crippen molar-refractivity contribution in [3.8, 4) is 0 Å². The van der Waals surface area contributed by atoms with Gasteiger partial charge in [0.1, 0.15) is 0 Å². The standard InChI is InChI=1S/C15H19BrO3/c16-13-5-3-12(4-6-13)15(17)2-1-9-19-14-7-10-18-11-8-14/h3-6,14H,1-2,7-11H2. The van der Waals surface area contributed by atoms with Crippen LogP contribution in [0.1, 0.15) is 36.0 Å². The molecule has 0 aromatic heterocycles. The molecule has 0 saturated carbocycles. The Morgan fingerprint density at radius 1 is 1.26 bits per heavy atom. The van der Waals surface area contributed by atoms with Crippen molar-refractivity contribution in [2.24, 2.45) is 0 Å². The number of ketones is 1. The number of halogens is 1. The molecule has 0 spiro atoms. The summed E-state index contributed by atoms with van der Waals surface area (Å²) in [6, 6.07) is 7.50. The predicted molar refractivity (Wildman–Crippen MR) is 77.5 cm³/mol. The van der Waals surface area contributed by atoms with Crippen molar-refractivity contribution in [1.82, 2.24) is 0 Å². The Morgan fingerprint density at radius 3 is 2.63 bits per heavy atom. The van der Waals surface area contributed by atoms with Gasteiger partial charge in [-0.2, -0.15) is 0 Å². The maximum atomic E-state index is 11.9. The molecule has 19 heavy (non-hydrogen) atoms. The maximum Gasteiger partial charge on any atom is 0.162 e. The van der Waals surface area contributed by atoms with Crippen molar-refractivity contribution in [1.29, 1.82) is 0 Å². The van der Waals surface area contributed by atoms with E-state index >= 15 is 0 Å². The molecule has 1 heterocycles. The second-order valence-corrected chi connectivity index (χ2v) is 5.63. The zero-order valence-corrected chi connectivity index (χ0v) is 12.5. The van der Waals surface area contributed by atoms with E-state index in [0.717, 1.165) is 42.5 Å². The fraction of sp³-hybridized carbons (Fsp3) is 0.533. The molecule has 2 rings (SSSR count). The zero-order valence-electron chi connectivity index (χ0n) is 10.9. The summed E-state index contributed by atoms with van der Waals surface area (Å²) in [5.41, 5.74) is 0.772. The van der Waals surface area contributed by atoms with Crippen LogP contribution in [0.4, 0.5) is 0 Å². The Balaban J connectivity index is 1.64. The lowest BCUT2D eigenvalue weighted by atomic mass is 10.1. The number of ether oxygens (including phenoxy) is 2. The molecule has 0 aliphatic carbocycles. The van der Waals surface area contributed by atoms with Gasteiger partial charge in [0.25, 0.3) is 0 Å². The van der Waals surface area contributed by atoms with Gasteiger partial charge in [0.2, 0.25) is 0 Å². The third kappa shape index (κ3) is 5.05. The Morgan fingerprint density at radius 2 is 1.95 bits per heavy atom. The smallest absolute Gasteiger partial charge is 0.162 e. The number of benzene rings is 1. The van der Waals surface area contributed by atoms with E-state index in [4.69, 9.17) is 9.47 Å². The van der Waals surface area contributed by atoms with Crippen LogP contribution in [-0.4, -0.2) is 31.7 Å². The van der Waals surface area contributed by atoms with Gasteiger partial charge in [-0.1, -0.05) is 28.1 Å². The van der Waals surface area contributed by atoms with Gasteiger partial charge in [0, 0.05) is 36.3 Å². The van der Waals surface area contributed by atoms with Crippen molar-refractivity contribution < 1.29 is 14.3 Å². The van der Waals surface area contributed by atoms with Crippen molar-refractivity contribution in [3.05, 3.63) is 34.3 Å². The molecular formula is C15H19BrO3. The van der Waals surface area contributed by atoms with Gasteiger partial charge >= 0.3 is 0 Å². The van der Waals surface area contributed by atoms with Crippen LogP contribution in [0.15, 0.2) is 28.7 Å². The normalized spacial score (nSPS) is 16.5. The highest BCUT2D eigenvalue weighted by atomic mass is 79.9. The molecule has 104 valence electrons. The van der Waals surface area contributed by atoms with Crippen LogP contribution in [0.25, 0.3) is 0 Å². The molecule has 1 fully saturated rings. The zero-order chi connectivity index (χ0) is 13.5. The molecule has 0 amide bonds. The lowest BCUT2D eigenvalue weighted by molar-refractivity contribution is -0.0323. The number of hydrogen-bond acceptors (Lipinski definition) is 3. The molecule has 1 aliphatic rings. The highest BCUT2D eigenvalue weighted by Crippen LogP contribution is 2.14. The Labute approximate surface area is 122 Å². The molecule has 0 atom stereocenters. The van der Waals surface area contributed by atoms with Crippen LogP contribution >= 0.6 is 15.9 Å². The molecule has 0 N–H and O–H groups in total. The fourth-order valence-electron chi connectivity index (χ4n) is 2.11. The summed E-state index contributed by atoms with van der Waals surface area (Å²) in [5.74, 6) is 0.183. The lowest BCUT2D eigenvalue weighted by Gasteiger charge is -2.22. The Bertz CT molecular complexity index is 396. The van der Waals surface area contributed by atoms with Crippen LogP contribution in [-0.2, 0) is 9.47 Å². The third-order valence-corrected chi connectivity index (χ3v) is 3.76. The highest BCUT2D eigenvalue weighted by Gasteiger charge is 2.14. The van der Waals surface area contributed by atoms with E-state index in [-0.39, 0.29) is 5.78 Å². The van der Waals surface area contributed by atoms with Crippen LogP contribution in [0.3, 0.4) is 0 Å². The summed E-state index contributed by atoms with van der Waals surface area (Å²) in [5, 5.41) is 0. The number of rotatable bonds is 6. The SMILES string of the molecule is O=C(CCCOC1CCOCC1)c1ccc(Br)cc1. The Hall–Kier alpha value is -0.710. The summed E-state index contributed by atoms with van der Waals surface area (Å²) in [7, 11) is 0. The average molecular weight is 327 g/mol. The summed E-state index contributed by atoms with van der Waals surface area (Å²) < 4.78 is 12.0. The van der Waals surface area contributed by atoms with Crippen LogP contribution < -0.4 is 0 Å². The first-order valence-electron chi connectivity index (χ1n) is 6.74. The Kier molecular flexibility index (Phi) is 6.01. The molecule has 0 radical (unpaired) electrons. The van der Waals surface area contributed by atoms with Crippen LogP contribution in [0.2, 0.25) is 0 Å². The van der Waals surface area contributed by atoms with Crippen molar-refractivity contribution in [3.63, 3.8) is 0 Å². The maximum absolute atomic E-state index is 11.9. The van der Waals surface area contributed by atoms with Gasteiger partial charge in [-0.05, 0) is 31.4 Å². The molecule has 1 saturated heterocycles. The minimum Gasteiger partial charge on any atom is -0.381 e. The minimum atomic E-state index is 0.183. The van der Waals surface area contributed by atoms with Gasteiger partial charge < -0.3 is 9.47 Å². The van der Waals surface area contributed by atoms with Crippen molar-refractivity contribution in [2.75, 3.05) is 19.8 Å². The average Bonchev–Trinajstić information content (AvgIpc) is 2.45. The van der Waals surface area contributed by atoms with Gasteiger partial charge in [0.05, 0.1) is 6.10 Å². The number of Topliss-reactive ketones (excluding diaryl/α,β-unsaturated/α-hetero) is 1. The molecule has 1 aromatic carbocycles. The predicted octanol–water partition coefficient (Wildman–Crippen LogP) is 3.61. The van der Waals surface area contributed by atoms with E-state index in [2.05, 4.69) is 15.9 Å². The first-order valence-corrected chi connectivity index (χ1v) is 7.53. The number of hydrogen-bond donors (Lipinski definition) is 0. The van der Waals surface area contributed by atoms with Crippen LogP contribution in [0.5, 0.6) is 0 Å². The van der Waals surface area contributed by atoms with Crippen LogP contribution in [0, 0.1) is 0 Å². The summed E-state index contributed by atoms with van der Waals surface area (Å²) in [6.07, 6.45) is 3.59. The number of carbonyl (C=O) groups excluding carboxylic acids is 1. The van der Waals surface area contributed by atoms with E-state index in [1.165, 1.54) is 0 Å². The van der Waals surface area contributed by atoms with Crippen molar-refractivity contribution in [2.45, 2.75) is 31.8 Å². The third-order valence-electron chi connectivity index (χ3n) is 3.24. The largest absolute Gasteiger partial charge is 0.381 e. The lowest BCUT2D eigenvalue weighted by Crippen LogP contribution is -2.23. The van der Waals surface area contributed by atoms with Gasteiger partial charge in [-0.15, -0.1) is 0 Å². The second-order valence-electron chi connectivity index (χ2n) is 4.72. The van der Waals surface area contributed by atoms with Gasteiger partial charge in [-0.25, -0.2) is 0 Å². The molecule has 3 nitrogen and oxygen atoms in total. The van der Waals surface area contributed by atoms with Crippen molar-refractivity contribution >= 4 is 21.7 Å². The topological polar surface area (TPSA) is 35.5 Å². The van der Waals surface area contributed by atoms with E-state index in [1.807, 2.05) is 24.3 Å². The minimum absolute atomic E-state index is 0.183. The summed E-state index contributed by atoms with van der Waals surface area (Å²) >= 11 is 3.36. The first kappa shape index (κ1) is 14.7. The highest BCUT2D eigenvalue weighted by molar-refractivity contribution is 9.10. The molecular weight excluding hydrogens is 308 g/mol. The quantitative estimate of drug-likeness (QED) is 0.591. The van der Waals surface area contributed by atoms with E-state index in [0.29, 0.717) is 19.1 Å². The van der Waals surface area contributed by atoms with E-state index in [9.17, 15) is 4.79 Å². The fourth-order valence-corrected chi connectivity index (χ4v) is 2.37. The summed E-state index contributed by atoms with van der Waals surface area (Å²) in [4.78, 5) is 11.9. The molecule has 4 heteroatoms. The van der Waals surface area contributed by atoms with Gasteiger partial charge in [-0.3, -0.25) is 4.79 Å². The first-order chi connectivity index (χ1) is 9.25. The van der Waals surface area contributed by atoms with E-state index in [1.54, 1.807) is 0 Å². The molecule has 0 unspecified atom stereocenters. The number of carbonyl (C=O) groups is 1.